The van der Waals surface area contributed by atoms with Crippen molar-refractivity contribution in [1.29, 1.82) is 0 Å². The number of benzene rings is 2. The average molecular weight is 365 g/mol. The summed E-state index contributed by atoms with van der Waals surface area (Å²) in [7, 11) is -0.623. The topological polar surface area (TPSA) is 63.7 Å². The fourth-order valence-electron chi connectivity index (χ4n) is 2.20. The Morgan fingerprint density at radius 1 is 1.16 bits per heavy atom. The molecule has 2 aromatic carbocycles. The summed E-state index contributed by atoms with van der Waals surface area (Å²) < 4.78 is 44.5. The lowest BCUT2D eigenvalue weighted by Gasteiger charge is -2.13. The monoisotopic (exact) mass is 365 g/mol. The van der Waals surface area contributed by atoms with Gasteiger partial charge in [-0.2, -0.15) is 0 Å². The van der Waals surface area contributed by atoms with Gasteiger partial charge < -0.3 is 4.74 Å². The number of nitrogens with zero attached hydrogens (tertiary/aromatic N) is 1. The highest BCUT2D eigenvalue weighted by molar-refractivity contribution is 7.89. The van der Waals surface area contributed by atoms with Crippen molar-refractivity contribution in [3.05, 3.63) is 59.4 Å². The first-order valence-corrected chi connectivity index (χ1v) is 9.16. The first kappa shape index (κ1) is 19.1. The average Bonchev–Trinajstić information content (AvgIpc) is 2.60. The van der Waals surface area contributed by atoms with Gasteiger partial charge in [-0.05, 0) is 35.9 Å². The molecule has 0 aliphatic rings. The van der Waals surface area contributed by atoms with E-state index in [-0.39, 0.29) is 35.0 Å². The van der Waals surface area contributed by atoms with Gasteiger partial charge in [0.15, 0.2) is 5.78 Å². The molecule has 0 fully saturated rings. The standard InChI is InChI=1S/C18H20FNO4S/c1-4-17(21)16-11-14(19)8-9-18(16)24-12-13-6-5-7-15(10-13)25(22,23)20(2)3/h5-11H,4,12H2,1-3H3. The molecular formula is C18H20FNO4S. The summed E-state index contributed by atoms with van der Waals surface area (Å²) in [5, 5.41) is 0. The van der Waals surface area contributed by atoms with Crippen molar-refractivity contribution in [3.8, 4) is 5.75 Å². The molecule has 2 aromatic rings. The van der Waals surface area contributed by atoms with Gasteiger partial charge in [0.05, 0.1) is 10.5 Å². The number of sulfonamides is 1. The summed E-state index contributed by atoms with van der Waals surface area (Å²) in [5.74, 6) is -0.462. The van der Waals surface area contributed by atoms with E-state index in [2.05, 4.69) is 0 Å². The number of Topliss-reactive ketones (excluding diaryl/α,β-unsaturated/α-hetero) is 1. The second-order valence-electron chi connectivity index (χ2n) is 5.64. The summed E-state index contributed by atoms with van der Waals surface area (Å²) in [6.45, 7) is 1.75. The van der Waals surface area contributed by atoms with Crippen molar-refractivity contribution in [1.82, 2.24) is 4.31 Å². The number of carbonyl (C=O) groups excluding carboxylic acids is 1. The summed E-state index contributed by atoms with van der Waals surface area (Å²) in [5.41, 5.74) is 0.807. The molecule has 2 rings (SSSR count). The largest absolute Gasteiger partial charge is 0.488 e. The van der Waals surface area contributed by atoms with Crippen LogP contribution in [0.1, 0.15) is 29.3 Å². The van der Waals surface area contributed by atoms with Gasteiger partial charge in [-0.25, -0.2) is 17.1 Å². The Morgan fingerprint density at radius 3 is 2.52 bits per heavy atom. The predicted octanol–water partition coefficient (Wildman–Crippen LogP) is 3.25. The van der Waals surface area contributed by atoms with Crippen molar-refractivity contribution in [2.45, 2.75) is 24.8 Å². The molecule has 5 nitrogen and oxygen atoms in total. The minimum absolute atomic E-state index is 0.0619. The van der Waals surface area contributed by atoms with Gasteiger partial charge in [0, 0.05) is 20.5 Å². The number of ketones is 1. The maximum atomic E-state index is 13.4. The van der Waals surface area contributed by atoms with Gasteiger partial charge in [0.2, 0.25) is 10.0 Å². The number of hydrogen-bond acceptors (Lipinski definition) is 4. The quantitative estimate of drug-likeness (QED) is 0.707. The highest BCUT2D eigenvalue weighted by atomic mass is 32.2. The van der Waals surface area contributed by atoms with E-state index in [4.69, 9.17) is 4.74 Å². The van der Waals surface area contributed by atoms with Crippen LogP contribution >= 0.6 is 0 Å². The van der Waals surface area contributed by atoms with Crippen molar-refractivity contribution in [3.63, 3.8) is 0 Å². The molecule has 0 heterocycles. The third-order valence-electron chi connectivity index (χ3n) is 3.63. The van der Waals surface area contributed by atoms with Gasteiger partial charge in [0.25, 0.3) is 0 Å². The predicted molar refractivity (Wildman–Crippen MR) is 92.7 cm³/mol. The summed E-state index contributed by atoms with van der Waals surface area (Å²) in [6, 6.07) is 10.1. The number of ether oxygens (including phenoxy) is 1. The third-order valence-corrected chi connectivity index (χ3v) is 5.45. The molecule has 0 spiro atoms. The third kappa shape index (κ3) is 4.43. The second kappa shape index (κ2) is 7.76. The van der Waals surface area contributed by atoms with Gasteiger partial charge in [0.1, 0.15) is 18.2 Å². The molecule has 0 radical (unpaired) electrons. The molecule has 0 aliphatic carbocycles. The summed E-state index contributed by atoms with van der Waals surface area (Å²) in [6.07, 6.45) is 0.233. The molecule has 0 amide bonds. The first-order chi connectivity index (χ1) is 11.8. The first-order valence-electron chi connectivity index (χ1n) is 7.72. The van der Waals surface area contributed by atoms with Crippen LogP contribution in [0.2, 0.25) is 0 Å². The van der Waals surface area contributed by atoms with Gasteiger partial charge in [-0.1, -0.05) is 19.1 Å². The molecule has 0 N–H and O–H groups in total. The van der Waals surface area contributed by atoms with Crippen molar-refractivity contribution >= 4 is 15.8 Å². The zero-order chi connectivity index (χ0) is 18.6. The lowest BCUT2D eigenvalue weighted by atomic mass is 10.1. The molecule has 7 heteroatoms. The normalized spacial score (nSPS) is 11.6. The van der Waals surface area contributed by atoms with Crippen LogP contribution in [0.4, 0.5) is 4.39 Å². The second-order valence-corrected chi connectivity index (χ2v) is 7.79. The summed E-state index contributed by atoms with van der Waals surface area (Å²) in [4.78, 5) is 12.1. The molecule has 25 heavy (non-hydrogen) atoms. The SMILES string of the molecule is CCC(=O)c1cc(F)ccc1OCc1cccc(S(=O)(=O)N(C)C)c1. The van der Waals surface area contributed by atoms with Crippen LogP contribution in [0.5, 0.6) is 5.75 Å². The lowest BCUT2D eigenvalue weighted by molar-refractivity contribution is 0.0983. The zero-order valence-corrected chi connectivity index (χ0v) is 15.1. The number of rotatable bonds is 7. The van der Waals surface area contributed by atoms with Crippen LogP contribution in [-0.4, -0.2) is 32.6 Å². The van der Waals surface area contributed by atoms with Crippen LogP contribution in [0.15, 0.2) is 47.4 Å². The van der Waals surface area contributed by atoms with Gasteiger partial charge >= 0.3 is 0 Å². The van der Waals surface area contributed by atoms with E-state index in [9.17, 15) is 17.6 Å². The Morgan fingerprint density at radius 2 is 1.88 bits per heavy atom. The number of halogens is 1. The minimum atomic E-state index is -3.54. The highest BCUT2D eigenvalue weighted by Gasteiger charge is 2.17. The van der Waals surface area contributed by atoms with E-state index in [0.717, 1.165) is 10.4 Å². The van der Waals surface area contributed by atoms with E-state index in [1.165, 1.54) is 38.4 Å². The molecule has 0 atom stereocenters. The van der Waals surface area contributed by atoms with Crippen LogP contribution in [0.25, 0.3) is 0 Å². The van der Waals surface area contributed by atoms with E-state index >= 15 is 0 Å². The zero-order valence-electron chi connectivity index (χ0n) is 14.3. The Labute approximate surface area is 147 Å². The number of carbonyl (C=O) groups is 1. The lowest BCUT2D eigenvalue weighted by Crippen LogP contribution is -2.22. The molecule has 0 aliphatic heterocycles. The number of hydrogen-bond donors (Lipinski definition) is 0. The van der Waals surface area contributed by atoms with E-state index < -0.39 is 15.8 Å². The Hall–Kier alpha value is -2.25. The maximum Gasteiger partial charge on any atom is 0.242 e. The van der Waals surface area contributed by atoms with Crippen molar-refractivity contribution in [2.75, 3.05) is 14.1 Å². The van der Waals surface area contributed by atoms with Crippen molar-refractivity contribution < 1.29 is 22.3 Å². The fraction of sp³-hybridized carbons (Fsp3) is 0.278. The fourth-order valence-corrected chi connectivity index (χ4v) is 3.18. The van der Waals surface area contributed by atoms with E-state index in [0.29, 0.717) is 5.56 Å². The Balaban J connectivity index is 2.25. The van der Waals surface area contributed by atoms with Crippen LogP contribution in [0.3, 0.4) is 0 Å². The van der Waals surface area contributed by atoms with Crippen LogP contribution < -0.4 is 4.74 Å². The Kier molecular flexibility index (Phi) is 5.92. The summed E-state index contributed by atoms with van der Waals surface area (Å²) >= 11 is 0. The van der Waals surface area contributed by atoms with Gasteiger partial charge in [-0.15, -0.1) is 0 Å². The van der Waals surface area contributed by atoms with E-state index in [1.54, 1.807) is 19.1 Å². The van der Waals surface area contributed by atoms with Gasteiger partial charge in [-0.3, -0.25) is 4.79 Å². The Bertz CT molecular complexity index is 878. The molecule has 0 unspecified atom stereocenters. The smallest absolute Gasteiger partial charge is 0.242 e. The molecule has 0 saturated heterocycles. The van der Waals surface area contributed by atoms with Crippen molar-refractivity contribution in [2.24, 2.45) is 0 Å². The molecule has 0 aromatic heterocycles. The molecule has 0 saturated carbocycles. The van der Waals surface area contributed by atoms with E-state index in [1.807, 2.05) is 0 Å². The molecular weight excluding hydrogens is 345 g/mol. The van der Waals surface area contributed by atoms with Crippen LogP contribution in [0, 0.1) is 5.82 Å². The maximum absolute atomic E-state index is 13.4. The van der Waals surface area contributed by atoms with Crippen LogP contribution in [-0.2, 0) is 16.6 Å². The highest BCUT2D eigenvalue weighted by Crippen LogP contribution is 2.23. The molecule has 134 valence electrons. The molecule has 0 bridgehead atoms. The minimum Gasteiger partial charge on any atom is -0.488 e.